The second-order valence-corrected chi connectivity index (χ2v) is 10.7. The van der Waals surface area contributed by atoms with Crippen molar-refractivity contribution < 1.29 is 9.53 Å². The zero-order valence-corrected chi connectivity index (χ0v) is 22.8. The van der Waals surface area contributed by atoms with E-state index in [1.54, 1.807) is 24.7 Å². The van der Waals surface area contributed by atoms with Crippen molar-refractivity contribution in [3.63, 3.8) is 0 Å². The van der Waals surface area contributed by atoms with Crippen molar-refractivity contribution >= 4 is 49.8 Å². The van der Waals surface area contributed by atoms with Crippen LogP contribution in [0.3, 0.4) is 0 Å². The average Bonchev–Trinajstić information content (AvgIpc) is 3.60. The van der Waals surface area contributed by atoms with Crippen molar-refractivity contribution in [2.45, 2.75) is 6.17 Å². The number of aromatic amines is 1. The van der Waals surface area contributed by atoms with E-state index in [2.05, 4.69) is 48.0 Å². The Morgan fingerprint density at radius 2 is 2.05 bits per heavy atom. The van der Waals surface area contributed by atoms with Gasteiger partial charge in [-0.15, -0.1) is 11.3 Å². The third-order valence-electron chi connectivity index (χ3n) is 6.32. The largest absolute Gasteiger partial charge is 0.476 e. The van der Waals surface area contributed by atoms with Gasteiger partial charge in [-0.25, -0.2) is 4.99 Å². The highest BCUT2D eigenvalue weighted by Crippen LogP contribution is 2.31. The summed E-state index contributed by atoms with van der Waals surface area (Å²) in [5, 5.41) is 18.9. The van der Waals surface area contributed by atoms with E-state index in [0.29, 0.717) is 23.1 Å². The van der Waals surface area contributed by atoms with E-state index in [4.69, 9.17) is 9.73 Å². The molecule has 1 unspecified atom stereocenters. The molecule has 1 atom stereocenters. The number of carbonyl (C=O) groups excluding carboxylic acids is 1. The topological polar surface area (TPSA) is 131 Å². The van der Waals surface area contributed by atoms with Gasteiger partial charge in [0.25, 0.3) is 5.91 Å². The minimum Gasteiger partial charge on any atom is -0.476 e. The molecule has 12 heteroatoms. The number of hydrogen-bond donors (Lipinski definition) is 6. The molecule has 0 saturated heterocycles. The van der Waals surface area contributed by atoms with Crippen LogP contribution in [-0.4, -0.2) is 54.1 Å². The Hall–Kier alpha value is -4.81. The maximum Gasteiger partial charge on any atom is 0.265 e. The van der Waals surface area contributed by atoms with Gasteiger partial charge in [0.15, 0.2) is 0 Å². The first-order valence-corrected chi connectivity index (χ1v) is 13.6. The molecule has 2 aromatic carbocycles. The van der Waals surface area contributed by atoms with Crippen LogP contribution in [0.2, 0.25) is 0 Å². The van der Waals surface area contributed by atoms with E-state index in [0.717, 1.165) is 44.6 Å². The highest BCUT2D eigenvalue weighted by atomic mass is 32.1. The maximum atomic E-state index is 12.8. The van der Waals surface area contributed by atoms with Gasteiger partial charge in [-0.1, -0.05) is 12.1 Å². The SMILES string of the molecule is CN(C)CCOC1=NC(c2ccc3cc(C(=O)NC4=CNNC=C4)sc3c2)NC(Nc2ccc3[nH]ncc3c2)=C1. The molecule has 0 radical (unpaired) electrons. The number of anilines is 1. The highest BCUT2D eigenvalue weighted by molar-refractivity contribution is 7.20. The summed E-state index contributed by atoms with van der Waals surface area (Å²) in [5.74, 6) is 1.16. The third-order valence-corrected chi connectivity index (χ3v) is 7.42. The standard InChI is InChI=1S/C28H29N9O2S/c1-37(2)9-10-39-26-14-25(32-20-5-6-22-19(11-20)15-31-36-22)34-27(35-26)18-4-3-17-12-24(40-23(17)13-18)28(38)33-21-7-8-29-30-16-21/h3-8,11-16,27,29-30,32,34H,9-10H2,1-2H3,(H,31,36)(H,33,38). The number of nitrogens with one attached hydrogen (secondary N) is 6. The zero-order chi connectivity index (χ0) is 27.5. The van der Waals surface area contributed by atoms with E-state index >= 15 is 0 Å². The van der Waals surface area contributed by atoms with Crippen molar-refractivity contribution in [2.75, 3.05) is 32.6 Å². The van der Waals surface area contributed by atoms with Crippen LogP contribution in [0.25, 0.3) is 21.0 Å². The predicted molar refractivity (Wildman–Crippen MR) is 158 cm³/mol. The fraction of sp³-hybridized carbons (Fsp3) is 0.179. The average molecular weight is 556 g/mol. The van der Waals surface area contributed by atoms with Crippen molar-refractivity contribution in [1.82, 2.24) is 36.6 Å². The monoisotopic (exact) mass is 555 g/mol. The van der Waals surface area contributed by atoms with E-state index < -0.39 is 0 Å². The summed E-state index contributed by atoms with van der Waals surface area (Å²) >= 11 is 1.44. The number of carbonyl (C=O) groups is 1. The second-order valence-electron chi connectivity index (χ2n) is 9.60. The number of ether oxygens (including phenoxy) is 1. The molecule has 4 aromatic rings. The van der Waals surface area contributed by atoms with E-state index in [-0.39, 0.29) is 12.1 Å². The molecule has 0 aliphatic carbocycles. The summed E-state index contributed by atoms with van der Waals surface area (Å²) in [6.07, 6.45) is 8.50. The molecule has 1 amide bonds. The van der Waals surface area contributed by atoms with Crippen LogP contribution in [-0.2, 0) is 4.74 Å². The van der Waals surface area contributed by atoms with E-state index in [9.17, 15) is 4.79 Å². The molecule has 0 spiro atoms. The number of benzene rings is 2. The number of aliphatic imine (C=N–C) groups is 1. The Balaban J connectivity index is 1.23. The number of H-pyrrole nitrogens is 1. The van der Waals surface area contributed by atoms with Gasteiger partial charge in [0, 0.05) is 40.8 Å². The Morgan fingerprint density at radius 3 is 2.90 bits per heavy atom. The van der Waals surface area contributed by atoms with Crippen LogP contribution in [0, 0.1) is 0 Å². The number of fused-ring (bicyclic) bond motifs is 2. The molecule has 0 bridgehead atoms. The maximum absolute atomic E-state index is 12.8. The molecular weight excluding hydrogens is 526 g/mol. The molecule has 4 heterocycles. The molecule has 6 N–H and O–H groups in total. The van der Waals surface area contributed by atoms with E-state index in [1.807, 2.05) is 56.6 Å². The van der Waals surface area contributed by atoms with Crippen LogP contribution in [0.1, 0.15) is 21.4 Å². The first-order valence-electron chi connectivity index (χ1n) is 12.8. The molecule has 2 aromatic heterocycles. The fourth-order valence-corrected chi connectivity index (χ4v) is 5.28. The summed E-state index contributed by atoms with van der Waals surface area (Å²) in [5.41, 5.74) is 9.22. The molecule has 6 rings (SSSR count). The normalized spacial score (nSPS) is 16.5. The van der Waals surface area contributed by atoms with Gasteiger partial charge < -0.3 is 36.4 Å². The number of hydrazine groups is 1. The first kappa shape index (κ1) is 25.5. The van der Waals surface area contributed by atoms with Gasteiger partial charge in [0.1, 0.15) is 18.6 Å². The van der Waals surface area contributed by atoms with Gasteiger partial charge >= 0.3 is 0 Å². The van der Waals surface area contributed by atoms with Crippen molar-refractivity contribution in [3.8, 4) is 0 Å². The lowest BCUT2D eigenvalue weighted by molar-refractivity contribution is 0.0971. The Kier molecular flexibility index (Phi) is 7.08. The molecular formula is C28H29N9O2S. The van der Waals surface area contributed by atoms with Crippen LogP contribution in [0.5, 0.6) is 0 Å². The van der Waals surface area contributed by atoms with E-state index in [1.165, 1.54) is 11.3 Å². The van der Waals surface area contributed by atoms with Gasteiger partial charge in [0.2, 0.25) is 5.90 Å². The smallest absolute Gasteiger partial charge is 0.265 e. The number of amides is 1. The first-order chi connectivity index (χ1) is 19.5. The van der Waals surface area contributed by atoms with Crippen LogP contribution in [0.4, 0.5) is 5.69 Å². The molecule has 2 aliphatic rings. The lowest BCUT2D eigenvalue weighted by Crippen LogP contribution is -2.30. The molecule has 2 aliphatic heterocycles. The van der Waals surface area contributed by atoms with Gasteiger partial charge in [-0.3, -0.25) is 9.89 Å². The number of hydrogen-bond acceptors (Lipinski definition) is 10. The summed E-state index contributed by atoms with van der Waals surface area (Å²) in [6, 6.07) is 14.0. The van der Waals surface area contributed by atoms with Gasteiger partial charge in [-0.05, 0) is 61.5 Å². The van der Waals surface area contributed by atoms with Gasteiger partial charge in [0.05, 0.1) is 22.3 Å². The van der Waals surface area contributed by atoms with Crippen molar-refractivity contribution in [1.29, 1.82) is 0 Å². The zero-order valence-electron chi connectivity index (χ0n) is 22.0. The quantitative estimate of drug-likeness (QED) is 0.195. The third kappa shape index (κ3) is 5.77. The molecule has 204 valence electrons. The Labute approximate surface area is 234 Å². The van der Waals surface area contributed by atoms with Crippen LogP contribution >= 0.6 is 11.3 Å². The summed E-state index contributed by atoms with van der Waals surface area (Å²) < 4.78 is 7.03. The van der Waals surface area contributed by atoms with Crippen molar-refractivity contribution in [3.05, 3.63) is 95.2 Å². The number of thiophene rings is 1. The summed E-state index contributed by atoms with van der Waals surface area (Å²) in [6.45, 7) is 1.29. The lowest BCUT2D eigenvalue weighted by atomic mass is 10.1. The molecule has 40 heavy (non-hydrogen) atoms. The number of allylic oxidation sites excluding steroid dienone is 1. The number of nitrogens with zero attached hydrogens (tertiary/aromatic N) is 3. The Bertz CT molecular complexity index is 1680. The minimum absolute atomic E-state index is 0.156. The number of likely N-dealkylation sites (N-methyl/N-ethyl adjacent to an activating group) is 1. The fourth-order valence-electron chi connectivity index (χ4n) is 4.27. The highest BCUT2D eigenvalue weighted by Gasteiger charge is 2.20. The molecule has 0 saturated carbocycles. The molecule has 11 nitrogen and oxygen atoms in total. The summed E-state index contributed by atoms with van der Waals surface area (Å²) in [4.78, 5) is 20.4. The second kappa shape index (κ2) is 11.1. The summed E-state index contributed by atoms with van der Waals surface area (Å²) in [7, 11) is 4.01. The number of rotatable bonds is 8. The predicted octanol–water partition coefficient (Wildman–Crippen LogP) is 3.50. The minimum atomic E-state index is -0.376. The Morgan fingerprint density at radius 1 is 1.12 bits per heavy atom. The van der Waals surface area contributed by atoms with Crippen molar-refractivity contribution in [2.24, 2.45) is 4.99 Å². The van der Waals surface area contributed by atoms with Crippen LogP contribution in [0.15, 0.2) is 89.7 Å². The molecule has 0 fully saturated rings. The van der Waals surface area contributed by atoms with Crippen LogP contribution < -0.4 is 26.8 Å². The van der Waals surface area contributed by atoms with Gasteiger partial charge in [-0.2, -0.15) is 5.10 Å². The number of aromatic nitrogens is 2. The lowest BCUT2D eigenvalue weighted by Gasteiger charge is -2.25.